The van der Waals surface area contributed by atoms with Gasteiger partial charge >= 0.3 is 0 Å². The molecule has 0 aliphatic carbocycles. The molecule has 0 unspecified atom stereocenters. The van der Waals surface area contributed by atoms with Crippen molar-refractivity contribution in [3.8, 4) is 0 Å². The summed E-state index contributed by atoms with van der Waals surface area (Å²) in [6.07, 6.45) is 2.23. The summed E-state index contributed by atoms with van der Waals surface area (Å²) < 4.78 is 13.5. The summed E-state index contributed by atoms with van der Waals surface area (Å²) >= 11 is 0. The summed E-state index contributed by atoms with van der Waals surface area (Å²) in [7, 11) is 0. The van der Waals surface area contributed by atoms with Gasteiger partial charge in [-0.2, -0.15) is 4.39 Å². The summed E-state index contributed by atoms with van der Waals surface area (Å²) in [6.45, 7) is 5.73. The molecule has 0 bridgehead atoms. The lowest BCUT2D eigenvalue weighted by atomic mass is 9.93. The summed E-state index contributed by atoms with van der Waals surface area (Å²) in [6, 6.07) is 0. The Balaban J connectivity index is 2.32. The molecule has 1 saturated heterocycles. The van der Waals surface area contributed by atoms with Crippen LogP contribution >= 0.6 is 0 Å². The first-order chi connectivity index (χ1) is 6.99. The van der Waals surface area contributed by atoms with Crippen LogP contribution in [0, 0.1) is 11.2 Å². The molecule has 0 atom stereocenters. The minimum absolute atomic E-state index is 0.163. The molecule has 15 heavy (non-hydrogen) atoms. The van der Waals surface area contributed by atoms with Gasteiger partial charge < -0.3 is 9.88 Å². The highest BCUT2D eigenvalue weighted by atomic mass is 19.1. The maximum Gasteiger partial charge on any atom is 0.289 e. The molecule has 0 amide bonds. The first-order valence-electron chi connectivity index (χ1n) is 4.98. The van der Waals surface area contributed by atoms with Crippen molar-refractivity contribution >= 4 is 5.82 Å². The Morgan fingerprint density at radius 2 is 2.33 bits per heavy atom. The van der Waals surface area contributed by atoms with Crippen molar-refractivity contribution in [2.75, 3.05) is 18.0 Å². The van der Waals surface area contributed by atoms with E-state index in [1.807, 2.05) is 4.90 Å². The third-order valence-corrected chi connectivity index (χ3v) is 2.76. The standard InChI is InChI=1S/C10H14FN3O/c1-10(2)3-4-14(5-10)8-7(11)9(15)13-6-12-8/h6H,3-5H2,1-2H3,(H,12,13,15). The smallest absolute Gasteiger partial charge is 0.289 e. The Labute approximate surface area is 87.1 Å². The Bertz CT molecular complexity index is 427. The van der Waals surface area contributed by atoms with Crippen molar-refractivity contribution in [1.82, 2.24) is 9.97 Å². The number of halogens is 1. The van der Waals surface area contributed by atoms with Gasteiger partial charge in [-0.3, -0.25) is 4.79 Å². The molecule has 0 spiro atoms. The van der Waals surface area contributed by atoms with Crippen LogP contribution in [0.2, 0.25) is 0 Å². The number of nitrogens with zero attached hydrogens (tertiary/aromatic N) is 2. The molecule has 0 aromatic carbocycles. The zero-order valence-electron chi connectivity index (χ0n) is 8.88. The molecule has 82 valence electrons. The van der Waals surface area contributed by atoms with E-state index in [2.05, 4.69) is 23.8 Å². The van der Waals surface area contributed by atoms with E-state index in [0.29, 0.717) is 0 Å². The summed E-state index contributed by atoms with van der Waals surface area (Å²) in [5.41, 5.74) is -0.541. The SMILES string of the molecule is CC1(C)CCN(c2nc[nH]c(=O)c2F)C1. The number of aromatic amines is 1. The van der Waals surface area contributed by atoms with E-state index >= 15 is 0 Å². The van der Waals surface area contributed by atoms with Crippen LogP contribution in [0.15, 0.2) is 11.1 Å². The Morgan fingerprint density at radius 3 is 2.93 bits per heavy atom. The topological polar surface area (TPSA) is 49.0 Å². The van der Waals surface area contributed by atoms with Crippen LogP contribution in [-0.2, 0) is 0 Å². The second-order valence-corrected chi connectivity index (χ2v) is 4.71. The van der Waals surface area contributed by atoms with Crippen LogP contribution in [0.4, 0.5) is 10.2 Å². The summed E-state index contributed by atoms with van der Waals surface area (Å²) in [5, 5.41) is 0. The largest absolute Gasteiger partial charge is 0.353 e. The zero-order chi connectivity index (χ0) is 11.1. The van der Waals surface area contributed by atoms with Crippen LogP contribution in [0.1, 0.15) is 20.3 Å². The fourth-order valence-electron chi connectivity index (χ4n) is 1.89. The van der Waals surface area contributed by atoms with Crippen molar-refractivity contribution in [2.24, 2.45) is 5.41 Å². The molecular formula is C10H14FN3O. The monoisotopic (exact) mass is 211 g/mol. The number of hydrogen-bond acceptors (Lipinski definition) is 3. The lowest BCUT2D eigenvalue weighted by Crippen LogP contribution is -2.27. The van der Waals surface area contributed by atoms with E-state index in [1.165, 1.54) is 6.33 Å². The Hall–Kier alpha value is -1.39. The first kappa shape index (κ1) is 10.1. The van der Waals surface area contributed by atoms with Crippen molar-refractivity contribution in [1.29, 1.82) is 0 Å². The zero-order valence-corrected chi connectivity index (χ0v) is 8.88. The van der Waals surface area contributed by atoms with Gasteiger partial charge in [0.15, 0.2) is 5.82 Å². The average molecular weight is 211 g/mol. The van der Waals surface area contributed by atoms with Gasteiger partial charge in [-0.15, -0.1) is 0 Å². The minimum atomic E-state index is -0.782. The molecule has 1 aliphatic heterocycles. The molecule has 2 heterocycles. The Morgan fingerprint density at radius 1 is 1.60 bits per heavy atom. The lowest BCUT2D eigenvalue weighted by Gasteiger charge is -2.20. The van der Waals surface area contributed by atoms with E-state index in [1.54, 1.807) is 0 Å². The maximum atomic E-state index is 13.5. The minimum Gasteiger partial charge on any atom is -0.353 e. The van der Waals surface area contributed by atoms with Gasteiger partial charge in [-0.05, 0) is 11.8 Å². The van der Waals surface area contributed by atoms with Gasteiger partial charge in [0.1, 0.15) is 0 Å². The molecule has 2 rings (SSSR count). The van der Waals surface area contributed by atoms with E-state index < -0.39 is 11.4 Å². The van der Waals surface area contributed by atoms with E-state index in [0.717, 1.165) is 19.5 Å². The quantitative estimate of drug-likeness (QED) is 0.758. The molecule has 1 N–H and O–H groups in total. The first-order valence-corrected chi connectivity index (χ1v) is 4.98. The predicted octanol–water partition coefficient (Wildman–Crippen LogP) is 1.15. The van der Waals surface area contributed by atoms with Crippen molar-refractivity contribution < 1.29 is 4.39 Å². The number of rotatable bonds is 1. The highest BCUT2D eigenvalue weighted by Crippen LogP contribution is 2.31. The number of nitrogens with one attached hydrogen (secondary N) is 1. The molecular weight excluding hydrogens is 197 g/mol. The van der Waals surface area contributed by atoms with Crippen LogP contribution in [0.3, 0.4) is 0 Å². The normalized spacial score (nSPS) is 19.5. The molecule has 0 radical (unpaired) electrons. The Kier molecular flexibility index (Phi) is 2.25. The van der Waals surface area contributed by atoms with Crippen LogP contribution in [0.25, 0.3) is 0 Å². The van der Waals surface area contributed by atoms with E-state index in [-0.39, 0.29) is 11.2 Å². The highest BCUT2D eigenvalue weighted by Gasteiger charge is 2.31. The maximum absolute atomic E-state index is 13.5. The van der Waals surface area contributed by atoms with Crippen LogP contribution in [-0.4, -0.2) is 23.1 Å². The molecule has 0 saturated carbocycles. The summed E-state index contributed by atoms with van der Waals surface area (Å²) in [5.74, 6) is -0.612. The van der Waals surface area contributed by atoms with Gasteiger partial charge in [0, 0.05) is 13.1 Å². The van der Waals surface area contributed by atoms with Gasteiger partial charge in [-0.25, -0.2) is 4.98 Å². The number of H-pyrrole nitrogens is 1. The third kappa shape index (κ3) is 1.86. The van der Waals surface area contributed by atoms with Crippen LogP contribution < -0.4 is 10.5 Å². The van der Waals surface area contributed by atoms with Crippen LogP contribution in [0.5, 0.6) is 0 Å². The average Bonchev–Trinajstić information content (AvgIpc) is 2.51. The fourth-order valence-corrected chi connectivity index (χ4v) is 1.89. The van der Waals surface area contributed by atoms with Gasteiger partial charge in [0.2, 0.25) is 5.82 Å². The van der Waals surface area contributed by atoms with Crippen molar-refractivity contribution in [2.45, 2.75) is 20.3 Å². The summed E-state index contributed by atoms with van der Waals surface area (Å²) in [4.78, 5) is 19.0. The van der Waals surface area contributed by atoms with Gasteiger partial charge in [-0.1, -0.05) is 13.8 Å². The van der Waals surface area contributed by atoms with Crippen molar-refractivity contribution in [3.05, 3.63) is 22.5 Å². The molecule has 5 heteroatoms. The molecule has 1 aliphatic rings. The second kappa shape index (κ2) is 3.32. The number of hydrogen-bond donors (Lipinski definition) is 1. The molecule has 4 nitrogen and oxygen atoms in total. The van der Waals surface area contributed by atoms with Gasteiger partial charge in [0.25, 0.3) is 5.56 Å². The molecule has 1 aromatic rings. The number of anilines is 1. The number of aromatic nitrogens is 2. The molecule has 1 fully saturated rings. The third-order valence-electron chi connectivity index (χ3n) is 2.76. The van der Waals surface area contributed by atoms with Crippen molar-refractivity contribution in [3.63, 3.8) is 0 Å². The highest BCUT2D eigenvalue weighted by molar-refractivity contribution is 5.40. The molecule has 1 aromatic heterocycles. The lowest BCUT2D eigenvalue weighted by molar-refractivity contribution is 0.418. The van der Waals surface area contributed by atoms with E-state index in [9.17, 15) is 9.18 Å². The van der Waals surface area contributed by atoms with Gasteiger partial charge in [0.05, 0.1) is 6.33 Å². The second-order valence-electron chi connectivity index (χ2n) is 4.71. The fraction of sp³-hybridized carbons (Fsp3) is 0.600. The van der Waals surface area contributed by atoms with E-state index in [4.69, 9.17) is 0 Å². The predicted molar refractivity (Wildman–Crippen MR) is 55.4 cm³/mol.